The number of hydrogen-bond donors (Lipinski definition) is 2. The first-order valence-corrected chi connectivity index (χ1v) is 12.1. The van der Waals surface area contributed by atoms with E-state index in [9.17, 15) is 13.2 Å². The lowest BCUT2D eigenvalue weighted by Crippen LogP contribution is -2.18. The molecule has 0 atom stereocenters. The number of hydrogen-bond acceptors (Lipinski definition) is 5. The monoisotopic (exact) mass is 465 g/mol. The normalized spacial score (nSPS) is 11.3. The van der Waals surface area contributed by atoms with Gasteiger partial charge < -0.3 is 4.74 Å². The van der Waals surface area contributed by atoms with Crippen LogP contribution in [0.1, 0.15) is 41.3 Å². The molecule has 0 aliphatic carbocycles. The van der Waals surface area contributed by atoms with Crippen LogP contribution in [0.3, 0.4) is 0 Å². The van der Waals surface area contributed by atoms with Gasteiger partial charge in [0, 0.05) is 11.3 Å². The van der Waals surface area contributed by atoms with Crippen molar-refractivity contribution in [3.63, 3.8) is 0 Å². The third-order valence-electron chi connectivity index (χ3n) is 4.76. The highest BCUT2D eigenvalue weighted by Crippen LogP contribution is 2.17. The highest BCUT2D eigenvalue weighted by Gasteiger charge is 2.14. The molecule has 0 fully saturated rings. The van der Waals surface area contributed by atoms with Gasteiger partial charge in [-0.1, -0.05) is 31.0 Å². The lowest BCUT2D eigenvalue weighted by atomic mass is 10.2. The van der Waals surface area contributed by atoms with Gasteiger partial charge in [-0.2, -0.15) is 5.10 Å². The molecule has 3 rings (SSSR count). The number of aryl methyl sites for hydroxylation is 1. The second kappa shape index (κ2) is 11.3. The zero-order chi connectivity index (χ0) is 23.7. The van der Waals surface area contributed by atoms with E-state index in [1.807, 2.05) is 31.2 Å². The molecule has 3 aromatic carbocycles. The summed E-state index contributed by atoms with van der Waals surface area (Å²) in [6.45, 7) is 4.68. The van der Waals surface area contributed by atoms with Crippen molar-refractivity contribution in [2.45, 2.75) is 31.6 Å². The summed E-state index contributed by atoms with van der Waals surface area (Å²) in [6.07, 6.45) is 3.63. The van der Waals surface area contributed by atoms with Gasteiger partial charge in [-0.25, -0.2) is 13.8 Å². The number of ether oxygens (including phenoxy) is 1. The maximum absolute atomic E-state index is 12.5. The van der Waals surface area contributed by atoms with Crippen molar-refractivity contribution < 1.29 is 17.9 Å². The van der Waals surface area contributed by atoms with E-state index < -0.39 is 15.9 Å². The van der Waals surface area contributed by atoms with Crippen LogP contribution in [-0.2, 0) is 10.0 Å². The molecule has 0 saturated heterocycles. The van der Waals surface area contributed by atoms with Crippen molar-refractivity contribution in [1.29, 1.82) is 0 Å². The molecule has 3 aromatic rings. The Balaban J connectivity index is 1.54. The Kier molecular flexibility index (Phi) is 8.21. The van der Waals surface area contributed by atoms with Crippen molar-refractivity contribution in [2.24, 2.45) is 5.10 Å². The summed E-state index contributed by atoms with van der Waals surface area (Å²) >= 11 is 0. The van der Waals surface area contributed by atoms with Crippen molar-refractivity contribution in [2.75, 3.05) is 11.3 Å². The van der Waals surface area contributed by atoms with Gasteiger partial charge in [-0.3, -0.25) is 9.52 Å². The number of anilines is 1. The molecule has 0 unspecified atom stereocenters. The highest BCUT2D eigenvalue weighted by atomic mass is 32.2. The second-order valence-corrected chi connectivity index (χ2v) is 9.15. The Bertz CT molecular complexity index is 1190. The van der Waals surface area contributed by atoms with Gasteiger partial charge in [0.25, 0.3) is 15.9 Å². The van der Waals surface area contributed by atoms with Crippen LogP contribution in [0.2, 0.25) is 0 Å². The number of nitrogens with one attached hydrogen (secondary N) is 2. The Morgan fingerprint density at radius 3 is 2.27 bits per heavy atom. The summed E-state index contributed by atoms with van der Waals surface area (Å²) in [5.41, 5.74) is 4.96. The number of benzene rings is 3. The van der Waals surface area contributed by atoms with Gasteiger partial charge in [-0.15, -0.1) is 0 Å². The molecule has 0 spiro atoms. The van der Waals surface area contributed by atoms with E-state index in [4.69, 9.17) is 4.74 Å². The van der Waals surface area contributed by atoms with Crippen LogP contribution in [0.25, 0.3) is 0 Å². The van der Waals surface area contributed by atoms with Crippen molar-refractivity contribution in [1.82, 2.24) is 5.43 Å². The molecule has 0 aromatic heterocycles. The topological polar surface area (TPSA) is 96.9 Å². The van der Waals surface area contributed by atoms with Crippen LogP contribution in [0.4, 0.5) is 5.69 Å². The minimum absolute atomic E-state index is 0.171. The fourth-order valence-electron chi connectivity index (χ4n) is 2.84. The number of carbonyl (C=O) groups is 1. The van der Waals surface area contributed by atoms with Crippen LogP contribution < -0.4 is 14.9 Å². The number of rotatable bonds is 10. The molecule has 8 heteroatoms. The van der Waals surface area contributed by atoms with E-state index in [2.05, 4.69) is 22.2 Å². The van der Waals surface area contributed by atoms with E-state index in [1.54, 1.807) is 24.3 Å². The van der Waals surface area contributed by atoms with Crippen molar-refractivity contribution in [3.05, 3.63) is 89.5 Å². The molecule has 0 aliphatic rings. The molecule has 2 N–H and O–H groups in total. The third-order valence-corrected chi connectivity index (χ3v) is 6.15. The van der Waals surface area contributed by atoms with E-state index in [0.29, 0.717) is 17.9 Å². The summed E-state index contributed by atoms with van der Waals surface area (Å²) in [5, 5.41) is 3.97. The van der Waals surface area contributed by atoms with Gasteiger partial charge in [0.05, 0.1) is 17.7 Å². The maximum Gasteiger partial charge on any atom is 0.271 e. The Morgan fingerprint density at radius 2 is 1.64 bits per heavy atom. The largest absolute Gasteiger partial charge is 0.494 e. The average molecular weight is 466 g/mol. The minimum Gasteiger partial charge on any atom is -0.494 e. The molecule has 33 heavy (non-hydrogen) atoms. The second-order valence-electron chi connectivity index (χ2n) is 7.47. The van der Waals surface area contributed by atoms with E-state index in [0.717, 1.165) is 29.7 Å². The number of hydrazone groups is 1. The van der Waals surface area contributed by atoms with Crippen LogP contribution in [0, 0.1) is 6.92 Å². The summed E-state index contributed by atoms with van der Waals surface area (Å²) in [7, 11) is -3.70. The zero-order valence-electron chi connectivity index (χ0n) is 18.6. The first kappa shape index (κ1) is 24.0. The third kappa shape index (κ3) is 7.18. The van der Waals surface area contributed by atoms with Gasteiger partial charge in [0.1, 0.15) is 5.75 Å². The quantitative estimate of drug-likeness (QED) is 0.257. The SMILES string of the molecule is CCCCOc1ccc(/C=N/NC(=O)c2ccc(NS(=O)(=O)c3ccc(C)cc3)cc2)cc1. The molecule has 172 valence electrons. The molecule has 0 aliphatic heterocycles. The first-order chi connectivity index (χ1) is 15.9. The van der Waals surface area contributed by atoms with Gasteiger partial charge in [-0.05, 0) is 79.6 Å². The van der Waals surface area contributed by atoms with Gasteiger partial charge >= 0.3 is 0 Å². The molecular weight excluding hydrogens is 438 g/mol. The Morgan fingerprint density at radius 1 is 0.970 bits per heavy atom. The van der Waals surface area contributed by atoms with Crippen molar-refractivity contribution >= 4 is 27.8 Å². The Hall–Kier alpha value is -3.65. The summed E-state index contributed by atoms with van der Waals surface area (Å²) < 4.78 is 33.1. The van der Waals surface area contributed by atoms with Crippen LogP contribution in [0.5, 0.6) is 5.75 Å². The van der Waals surface area contributed by atoms with Crippen molar-refractivity contribution in [3.8, 4) is 5.75 Å². The molecule has 0 bridgehead atoms. The lowest BCUT2D eigenvalue weighted by Gasteiger charge is -2.09. The smallest absolute Gasteiger partial charge is 0.271 e. The summed E-state index contributed by atoms with van der Waals surface area (Å²) in [6, 6.07) is 20.1. The molecule has 7 nitrogen and oxygen atoms in total. The van der Waals surface area contributed by atoms with Crippen LogP contribution >= 0.6 is 0 Å². The lowest BCUT2D eigenvalue weighted by molar-refractivity contribution is 0.0955. The fourth-order valence-corrected chi connectivity index (χ4v) is 3.89. The standard InChI is InChI=1S/C25H27N3O4S/c1-3-4-17-32-23-13-7-20(8-14-23)18-26-27-25(29)21-9-11-22(12-10-21)28-33(30,31)24-15-5-19(2)6-16-24/h5-16,18,28H,3-4,17H2,1-2H3,(H,27,29)/b26-18+. The van der Waals surface area contributed by atoms with E-state index in [-0.39, 0.29) is 4.90 Å². The van der Waals surface area contributed by atoms with Gasteiger partial charge in [0.15, 0.2) is 0 Å². The van der Waals surface area contributed by atoms with Gasteiger partial charge in [0.2, 0.25) is 0 Å². The number of amides is 1. The summed E-state index contributed by atoms with van der Waals surface area (Å²) in [4.78, 5) is 12.5. The molecular formula is C25H27N3O4S. The van der Waals surface area contributed by atoms with E-state index >= 15 is 0 Å². The predicted octanol–water partition coefficient (Wildman–Crippen LogP) is 4.74. The Labute approximate surface area is 194 Å². The first-order valence-electron chi connectivity index (χ1n) is 10.6. The zero-order valence-corrected chi connectivity index (χ0v) is 19.4. The molecule has 1 amide bonds. The molecule has 0 radical (unpaired) electrons. The number of nitrogens with zero attached hydrogens (tertiary/aromatic N) is 1. The molecule has 0 saturated carbocycles. The van der Waals surface area contributed by atoms with Crippen LogP contribution in [-0.4, -0.2) is 27.1 Å². The minimum atomic E-state index is -3.70. The number of sulfonamides is 1. The van der Waals surface area contributed by atoms with Crippen LogP contribution in [0.15, 0.2) is 82.8 Å². The van der Waals surface area contributed by atoms with E-state index in [1.165, 1.54) is 30.5 Å². The maximum atomic E-state index is 12.5. The number of unbranched alkanes of at least 4 members (excludes halogenated alkanes) is 1. The highest BCUT2D eigenvalue weighted by molar-refractivity contribution is 7.92. The summed E-state index contributed by atoms with van der Waals surface area (Å²) in [5.74, 6) is 0.390. The average Bonchev–Trinajstić information content (AvgIpc) is 2.81. The fraction of sp³-hybridized carbons (Fsp3) is 0.200. The predicted molar refractivity (Wildman–Crippen MR) is 130 cm³/mol. The number of carbonyl (C=O) groups excluding carboxylic acids is 1. The molecule has 0 heterocycles.